The Morgan fingerprint density at radius 2 is 2.26 bits per heavy atom. The molecule has 1 saturated heterocycles. The van der Waals surface area contributed by atoms with Crippen molar-refractivity contribution in [1.82, 2.24) is 4.90 Å². The van der Waals surface area contributed by atoms with Crippen LogP contribution < -0.4 is 10.6 Å². The molecule has 2 rings (SSSR count). The normalized spacial score (nSPS) is 20.1. The fourth-order valence-corrected chi connectivity index (χ4v) is 2.42. The van der Waals surface area contributed by atoms with E-state index < -0.39 is 0 Å². The van der Waals surface area contributed by atoms with Crippen LogP contribution in [0.1, 0.15) is 19.8 Å². The number of halogens is 1. The number of likely N-dealkylation sites (N-methyl/N-ethyl adjacent to an activating group) is 1. The van der Waals surface area contributed by atoms with Crippen molar-refractivity contribution in [2.75, 3.05) is 30.8 Å². The van der Waals surface area contributed by atoms with Gasteiger partial charge < -0.3 is 15.5 Å². The molecule has 1 aliphatic heterocycles. The Labute approximate surface area is 113 Å². The van der Waals surface area contributed by atoms with E-state index in [1.165, 1.54) is 13.0 Å². The third kappa shape index (κ3) is 3.92. The molecule has 1 aromatic rings. The summed E-state index contributed by atoms with van der Waals surface area (Å²) in [5.41, 5.74) is 1.06. The lowest BCUT2D eigenvalue weighted by Gasteiger charge is -2.31. The van der Waals surface area contributed by atoms with Crippen LogP contribution in [0.5, 0.6) is 0 Å². The maximum absolute atomic E-state index is 13.8. The predicted octanol–water partition coefficient (Wildman–Crippen LogP) is 2.29. The van der Waals surface area contributed by atoms with Gasteiger partial charge >= 0.3 is 0 Å². The molecule has 1 aromatic carbocycles. The first kappa shape index (κ1) is 13.8. The first-order valence-electron chi connectivity index (χ1n) is 6.57. The Morgan fingerprint density at radius 3 is 2.95 bits per heavy atom. The number of likely N-dealkylation sites (tertiary alicyclic amines) is 1. The molecule has 4 nitrogen and oxygen atoms in total. The molecule has 1 aliphatic rings. The van der Waals surface area contributed by atoms with E-state index in [0.29, 0.717) is 11.4 Å². The Hall–Kier alpha value is -1.62. The van der Waals surface area contributed by atoms with E-state index in [4.69, 9.17) is 0 Å². The number of carbonyl (C=O) groups excluding carboxylic acids is 1. The average Bonchev–Trinajstić information content (AvgIpc) is 2.33. The number of carbonyl (C=O) groups is 1. The maximum Gasteiger partial charge on any atom is 0.221 e. The van der Waals surface area contributed by atoms with Gasteiger partial charge in [0.25, 0.3) is 0 Å². The lowest BCUT2D eigenvalue weighted by atomic mass is 10.1. The summed E-state index contributed by atoms with van der Waals surface area (Å²) in [6.45, 7) is 3.43. The van der Waals surface area contributed by atoms with Gasteiger partial charge in [-0.15, -0.1) is 0 Å². The van der Waals surface area contributed by atoms with Gasteiger partial charge in [-0.05, 0) is 44.6 Å². The second kappa shape index (κ2) is 6.02. The molecular weight excluding hydrogens is 245 g/mol. The topological polar surface area (TPSA) is 44.4 Å². The Morgan fingerprint density at radius 1 is 1.47 bits per heavy atom. The van der Waals surface area contributed by atoms with Gasteiger partial charge in [0.05, 0.1) is 5.69 Å². The quantitative estimate of drug-likeness (QED) is 0.881. The molecule has 1 atom stereocenters. The minimum Gasteiger partial charge on any atom is -0.379 e. The smallest absolute Gasteiger partial charge is 0.221 e. The number of benzene rings is 1. The molecule has 1 unspecified atom stereocenters. The molecule has 5 heteroatoms. The van der Waals surface area contributed by atoms with Gasteiger partial charge in [-0.25, -0.2) is 4.39 Å². The molecule has 0 radical (unpaired) electrons. The van der Waals surface area contributed by atoms with Crippen molar-refractivity contribution < 1.29 is 9.18 Å². The Bertz CT molecular complexity index is 464. The molecule has 19 heavy (non-hydrogen) atoms. The molecule has 0 spiro atoms. The number of hydrogen-bond donors (Lipinski definition) is 2. The number of piperidine rings is 1. The summed E-state index contributed by atoms with van der Waals surface area (Å²) >= 11 is 0. The maximum atomic E-state index is 13.8. The van der Waals surface area contributed by atoms with Crippen LogP contribution >= 0.6 is 0 Å². The monoisotopic (exact) mass is 265 g/mol. The number of amides is 1. The summed E-state index contributed by atoms with van der Waals surface area (Å²) in [4.78, 5) is 13.2. The van der Waals surface area contributed by atoms with Crippen LogP contribution in [0.15, 0.2) is 18.2 Å². The van der Waals surface area contributed by atoms with Gasteiger partial charge in [0.1, 0.15) is 5.82 Å². The van der Waals surface area contributed by atoms with Gasteiger partial charge in [0.2, 0.25) is 5.91 Å². The second-order valence-electron chi connectivity index (χ2n) is 5.12. The minimum absolute atomic E-state index is 0.157. The van der Waals surface area contributed by atoms with E-state index >= 15 is 0 Å². The zero-order chi connectivity index (χ0) is 13.8. The summed E-state index contributed by atoms with van der Waals surface area (Å²) in [7, 11) is 2.07. The highest BCUT2D eigenvalue weighted by Gasteiger charge is 2.18. The second-order valence-corrected chi connectivity index (χ2v) is 5.12. The fourth-order valence-electron chi connectivity index (χ4n) is 2.42. The van der Waals surface area contributed by atoms with E-state index in [0.717, 1.165) is 25.9 Å². The lowest BCUT2D eigenvalue weighted by molar-refractivity contribution is -0.114. The van der Waals surface area contributed by atoms with Crippen LogP contribution in [0.25, 0.3) is 0 Å². The van der Waals surface area contributed by atoms with Crippen molar-refractivity contribution >= 4 is 17.3 Å². The summed E-state index contributed by atoms with van der Waals surface area (Å²) < 4.78 is 13.8. The molecule has 0 saturated carbocycles. The summed E-state index contributed by atoms with van der Waals surface area (Å²) in [5.74, 6) is -0.447. The molecule has 1 fully saturated rings. The summed E-state index contributed by atoms with van der Waals surface area (Å²) in [6, 6.07) is 4.83. The van der Waals surface area contributed by atoms with Crippen molar-refractivity contribution in [2.45, 2.75) is 25.8 Å². The standard InChI is InChI=1S/C14H20FN3O/c1-10(19)16-11-5-6-13(15)14(8-11)17-12-4-3-7-18(2)9-12/h5-6,8,12,17H,3-4,7,9H2,1-2H3,(H,16,19). The number of nitrogens with zero attached hydrogens (tertiary/aromatic N) is 1. The van der Waals surface area contributed by atoms with Gasteiger partial charge in [-0.2, -0.15) is 0 Å². The van der Waals surface area contributed by atoms with Crippen LogP contribution in [0.2, 0.25) is 0 Å². The van der Waals surface area contributed by atoms with E-state index in [9.17, 15) is 9.18 Å². The largest absolute Gasteiger partial charge is 0.379 e. The van der Waals surface area contributed by atoms with Crippen LogP contribution in [0.4, 0.5) is 15.8 Å². The van der Waals surface area contributed by atoms with Gasteiger partial charge in [-0.1, -0.05) is 0 Å². The molecule has 104 valence electrons. The molecule has 1 amide bonds. The van der Waals surface area contributed by atoms with Crippen LogP contribution in [0.3, 0.4) is 0 Å². The number of hydrogen-bond acceptors (Lipinski definition) is 3. The van der Waals surface area contributed by atoms with Crippen LogP contribution in [-0.2, 0) is 4.79 Å². The average molecular weight is 265 g/mol. The van der Waals surface area contributed by atoms with Crippen molar-refractivity contribution in [3.05, 3.63) is 24.0 Å². The zero-order valence-corrected chi connectivity index (χ0v) is 11.4. The number of nitrogens with one attached hydrogen (secondary N) is 2. The molecule has 2 N–H and O–H groups in total. The fraction of sp³-hybridized carbons (Fsp3) is 0.500. The minimum atomic E-state index is -0.290. The van der Waals surface area contributed by atoms with Gasteiger partial charge in [-0.3, -0.25) is 4.79 Å². The summed E-state index contributed by atoms with van der Waals surface area (Å²) in [5, 5.41) is 5.89. The molecule has 0 aliphatic carbocycles. The lowest BCUT2D eigenvalue weighted by Crippen LogP contribution is -2.39. The highest BCUT2D eigenvalue weighted by atomic mass is 19.1. The molecule has 1 heterocycles. The van der Waals surface area contributed by atoms with Crippen LogP contribution in [-0.4, -0.2) is 37.0 Å². The number of anilines is 2. The Kier molecular flexibility index (Phi) is 4.37. The molecule has 0 aromatic heterocycles. The SMILES string of the molecule is CC(=O)Nc1ccc(F)c(NC2CCCN(C)C2)c1. The molecule has 0 bridgehead atoms. The third-order valence-electron chi connectivity index (χ3n) is 3.27. The first-order chi connectivity index (χ1) is 9.04. The van der Waals surface area contributed by atoms with Gasteiger partial charge in [0.15, 0.2) is 0 Å². The van der Waals surface area contributed by atoms with E-state index in [-0.39, 0.29) is 17.8 Å². The highest BCUT2D eigenvalue weighted by Crippen LogP contribution is 2.22. The van der Waals surface area contributed by atoms with Crippen molar-refractivity contribution in [3.8, 4) is 0 Å². The molecular formula is C14H20FN3O. The Balaban J connectivity index is 2.07. The van der Waals surface area contributed by atoms with Crippen molar-refractivity contribution in [3.63, 3.8) is 0 Å². The van der Waals surface area contributed by atoms with Crippen molar-refractivity contribution in [2.24, 2.45) is 0 Å². The van der Waals surface area contributed by atoms with E-state index in [1.807, 2.05) is 0 Å². The van der Waals surface area contributed by atoms with Crippen LogP contribution in [0, 0.1) is 5.82 Å². The zero-order valence-electron chi connectivity index (χ0n) is 11.4. The highest BCUT2D eigenvalue weighted by molar-refractivity contribution is 5.89. The predicted molar refractivity (Wildman–Crippen MR) is 74.8 cm³/mol. The number of rotatable bonds is 3. The van der Waals surface area contributed by atoms with Crippen molar-refractivity contribution in [1.29, 1.82) is 0 Å². The first-order valence-corrected chi connectivity index (χ1v) is 6.57. The summed E-state index contributed by atoms with van der Waals surface area (Å²) in [6.07, 6.45) is 2.15. The third-order valence-corrected chi connectivity index (χ3v) is 3.27. The van der Waals surface area contributed by atoms with E-state index in [2.05, 4.69) is 22.6 Å². The van der Waals surface area contributed by atoms with E-state index in [1.54, 1.807) is 12.1 Å². The van der Waals surface area contributed by atoms with Gasteiger partial charge in [0, 0.05) is 25.2 Å².